The summed E-state index contributed by atoms with van der Waals surface area (Å²) in [6.45, 7) is 1.70. The number of nitrogens with zero attached hydrogens (tertiary/aromatic N) is 1. The highest BCUT2D eigenvalue weighted by Gasteiger charge is 2.40. The Morgan fingerprint density at radius 3 is 2.44 bits per heavy atom. The second-order valence-corrected chi connectivity index (χ2v) is 8.22. The van der Waals surface area contributed by atoms with Crippen LogP contribution in [0.2, 0.25) is 0 Å². The number of aliphatic carboxylic acids is 1. The maximum atomic E-state index is 13.5. The molecule has 0 unspecified atom stereocenters. The molecule has 0 saturated carbocycles. The van der Waals surface area contributed by atoms with Crippen LogP contribution in [-0.2, 0) is 28.7 Å². The van der Waals surface area contributed by atoms with Crippen molar-refractivity contribution < 1.29 is 32.6 Å². The van der Waals surface area contributed by atoms with Gasteiger partial charge in [-0.2, -0.15) is 13.2 Å². The number of rotatable bonds is 6. The van der Waals surface area contributed by atoms with Crippen molar-refractivity contribution in [1.82, 2.24) is 4.90 Å². The maximum absolute atomic E-state index is 13.5. The largest absolute Gasteiger partial charge is 0.481 e. The van der Waals surface area contributed by atoms with Crippen molar-refractivity contribution in [3.8, 4) is 11.1 Å². The number of cyclic esters (lactones) is 1. The predicted octanol–water partition coefficient (Wildman–Crippen LogP) is 6.08. The van der Waals surface area contributed by atoms with Gasteiger partial charge in [-0.3, -0.25) is 9.69 Å². The van der Waals surface area contributed by atoms with Crippen molar-refractivity contribution in [1.29, 1.82) is 0 Å². The Morgan fingerprint density at radius 2 is 1.76 bits per heavy atom. The number of halogens is 3. The lowest BCUT2D eigenvalue weighted by Gasteiger charge is -2.23. The van der Waals surface area contributed by atoms with Crippen molar-refractivity contribution in [3.05, 3.63) is 95.1 Å². The number of hydrogen-bond acceptors (Lipinski definition) is 3. The monoisotopic (exact) mass is 469 g/mol. The topological polar surface area (TPSA) is 66.8 Å². The Balaban J connectivity index is 1.71. The van der Waals surface area contributed by atoms with Gasteiger partial charge in [0.2, 0.25) is 0 Å². The third-order valence-electron chi connectivity index (χ3n) is 5.89. The minimum absolute atomic E-state index is 0.0915. The summed E-state index contributed by atoms with van der Waals surface area (Å²) in [5, 5.41) is 9.09. The highest BCUT2D eigenvalue weighted by Crippen LogP contribution is 2.37. The van der Waals surface area contributed by atoms with Crippen LogP contribution in [0.15, 0.2) is 72.8 Å². The Labute approximate surface area is 194 Å². The summed E-state index contributed by atoms with van der Waals surface area (Å²) >= 11 is 0. The maximum Gasteiger partial charge on any atom is 0.416 e. The minimum atomic E-state index is -4.55. The third-order valence-corrected chi connectivity index (χ3v) is 5.89. The van der Waals surface area contributed by atoms with Crippen molar-refractivity contribution in [2.75, 3.05) is 0 Å². The van der Waals surface area contributed by atoms with E-state index in [2.05, 4.69) is 0 Å². The second-order valence-electron chi connectivity index (χ2n) is 8.22. The van der Waals surface area contributed by atoms with Crippen molar-refractivity contribution in [3.63, 3.8) is 0 Å². The third kappa shape index (κ3) is 4.90. The molecule has 0 aromatic heterocycles. The van der Waals surface area contributed by atoms with E-state index < -0.39 is 35.9 Å². The Bertz CT molecular complexity index is 1210. The van der Waals surface area contributed by atoms with Crippen LogP contribution >= 0.6 is 0 Å². The molecule has 0 aliphatic carbocycles. The molecule has 8 heteroatoms. The zero-order valence-electron chi connectivity index (χ0n) is 18.3. The molecule has 0 radical (unpaired) electrons. The van der Waals surface area contributed by atoms with Gasteiger partial charge >= 0.3 is 18.2 Å². The van der Waals surface area contributed by atoms with E-state index in [0.717, 1.165) is 17.7 Å². The van der Waals surface area contributed by atoms with E-state index >= 15 is 0 Å². The van der Waals surface area contributed by atoms with Crippen LogP contribution in [0.4, 0.5) is 18.0 Å². The van der Waals surface area contributed by atoms with E-state index in [0.29, 0.717) is 22.3 Å². The highest BCUT2D eigenvalue weighted by molar-refractivity contribution is 5.75. The molecule has 0 bridgehead atoms. The number of carboxylic acids is 1. The zero-order valence-corrected chi connectivity index (χ0v) is 18.3. The normalized spacial score (nSPS) is 18.1. The summed E-state index contributed by atoms with van der Waals surface area (Å²) in [7, 11) is 0. The number of carbonyl (C=O) groups excluding carboxylic acids is 1. The van der Waals surface area contributed by atoms with Gasteiger partial charge in [-0.05, 0) is 46.9 Å². The molecule has 3 aromatic carbocycles. The van der Waals surface area contributed by atoms with Crippen LogP contribution in [0.5, 0.6) is 0 Å². The molecule has 176 valence electrons. The zero-order chi connectivity index (χ0) is 24.5. The van der Waals surface area contributed by atoms with Gasteiger partial charge in [0.15, 0.2) is 0 Å². The first-order valence-electron chi connectivity index (χ1n) is 10.7. The van der Waals surface area contributed by atoms with Gasteiger partial charge < -0.3 is 9.84 Å². The molecule has 2 atom stereocenters. The van der Waals surface area contributed by atoms with Crippen LogP contribution in [0.3, 0.4) is 0 Å². The number of benzene rings is 3. The Hall–Kier alpha value is -3.81. The molecular formula is C26H22F3NO4. The number of hydrogen-bond donors (Lipinski definition) is 1. The van der Waals surface area contributed by atoms with Crippen LogP contribution in [0.1, 0.15) is 35.3 Å². The van der Waals surface area contributed by atoms with Gasteiger partial charge in [-0.25, -0.2) is 4.79 Å². The van der Waals surface area contributed by atoms with Gasteiger partial charge in [0.25, 0.3) is 0 Å². The smallest absolute Gasteiger partial charge is 0.416 e. The molecule has 1 fully saturated rings. The SMILES string of the molecule is C[C@H]1[C@@H](c2ccccc2)OC(=O)N1Cc1cc(C(F)(F)F)ccc1-c1cccc(CC(=O)O)c1. The minimum Gasteiger partial charge on any atom is -0.481 e. The molecule has 1 aliphatic rings. The lowest BCUT2D eigenvalue weighted by Crippen LogP contribution is -2.31. The lowest BCUT2D eigenvalue weighted by molar-refractivity contribution is -0.138. The van der Waals surface area contributed by atoms with E-state index in [1.165, 1.54) is 11.0 Å². The molecule has 1 saturated heterocycles. The summed E-state index contributed by atoms with van der Waals surface area (Å²) in [6, 6.07) is 18.8. The number of carbonyl (C=O) groups is 2. The van der Waals surface area contributed by atoms with Crippen LogP contribution in [-0.4, -0.2) is 28.1 Å². The molecule has 1 aliphatic heterocycles. The van der Waals surface area contributed by atoms with Crippen LogP contribution in [0, 0.1) is 0 Å². The molecule has 0 spiro atoms. The molecule has 3 aromatic rings. The quantitative estimate of drug-likeness (QED) is 0.475. The molecular weight excluding hydrogens is 447 g/mol. The molecule has 1 N–H and O–H groups in total. The summed E-state index contributed by atoms with van der Waals surface area (Å²) in [4.78, 5) is 25.2. The fourth-order valence-corrected chi connectivity index (χ4v) is 4.19. The fourth-order valence-electron chi connectivity index (χ4n) is 4.19. The predicted molar refractivity (Wildman–Crippen MR) is 119 cm³/mol. The molecule has 5 nitrogen and oxygen atoms in total. The molecule has 1 heterocycles. The average Bonchev–Trinajstić information content (AvgIpc) is 3.07. The Morgan fingerprint density at radius 1 is 1.03 bits per heavy atom. The van der Waals surface area contributed by atoms with E-state index in [-0.39, 0.29) is 13.0 Å². The highest BCUT2D eigenvalue weighted by atomic mass is 19.4. The number of carboxylic acid groups (broad SMARTS) is 1. The van der Waals surface area contributed by atoms with Gasteiger partial charge in [-0.15, -0.1) is 0 Å². The summed E-state index contributed by atoms with van der Waals surface area (Å²) in [5.41, 5.74) is 1.85. The first kappa shape index (κ1) is 23.4. The first-order valence-corrected chi connectivity index (χ1v) is 10.7. The lowest BCUT2D eigenvalue weighted by atomic mass is 9.94. The average molecular weight is 469 g/mol. The van der Waals surface area contributed by atoms with Crippen LogP contribution < -0.4 is 0 Å². The fraction of sp³-hybridized carbons (Fsp3) is 0.231. The standard InChI is InChI=1S/C26H22F3NO4/c1-16-24(18-7-3-2-4-8-18)34-25(33)30(16)15-20-14-21(26(27,28)29)10-11-22(20)19-9-5-6-17(12-19)13-23(31)32/h2-12,14,16,24H,13,15H2,1H3,(H,31,32)/t16-,24-/m0/s1. The van der Waals surface area contributed by atoms with Gasteiger partial charge in [0.05, 0.1) is 24.6 Å². The Kier molecular flexibility index (Phi) is 6.32. The van der Waals surface area contributed by atoms with Gasteiger partial charge in [-0.1, -0.05) is 60.7 Å². The number of alkyl halides is 3. The van der Waals surface area contributed by atoms with E-state index in [1.54, 1.807) is 31.2 Å². The van der Waals surface area contributed by atoms with E-state index in [9.17, 15) is 22.8 Å². The van der Waals surface area contributed by atoms with Crippen LogP contribution in [0.25, 0.3) is 11.1 Å². The summed E-state index contributed by atoms with van der Waals surface area (Å²) in [6.07, 6.45) is -5.91. The van der Waals surface area contributed by atoms with E-state index in [4.69, 9.17) is 9.84 Å². The number of amides is 1. The van der Waals surface area contributed by atoms with E-state index in [1.807, 2.05) is 30.3 Å². The summed E-state index contributed by atoms with van der Waals surface area (Å²) < 4.78 is 46.0. The van der Waals surface area contributed by atoms with Crippen molar-refractivity contribution in [2.24, 2.45) is 0 Å². The van der Waals surface area contributed by atoms with Crippen molar-refractivity contribution in [2.45, 2.75) is 38.2 Å². The van der Waals surface area contributed by atoms with Gasteiger partial charge in [0.1, 0.15) is 6.10 Å². The van der Waals surface area contributed by atoms with Crippen molar-refractivity contribution >= 4 is 12.1 Å². The molecule has 34 heavy (non-hydrogen) atoms. The molecule has 4 rings (SSSR count). The second kappa shape index (κ2) is 9.21. The van der Waals surface area contributed by atoms with Gasteiger partial charge in [0, 0.05) is 0 Å². The number of ether oxygens (including phenoxy) is 1. The molecule has 1 amide bonds. The summed E-state index contributed by atoms with van der Waals surface area (Å²) in [5.74, 6) is -1.01. The first-order chi connectivity index (χ1) is 16.1.